The minimum atomic E-state index is -0.168. The summed E-state index contributed by atoms with van der Waals surface area (Å²) in [5, 5.41) is 3.17. The molecule has 0 unspecified atom stereocenters. The van der Waals surface area contributed by atoms with Crippen molar-refractivity contribution in [3.63, 3.8) is 0 Å². The lowest BCUT2D eigenvalue weighted by Crippen LogP contribution is -2.51. The van der Waals surface area contributed by atoms with E-state index in [4.69, 9.17) is 23.7 Å². The van der Waals surface area contributed by atoms with E-state index in [1.807, 2.05) is 60.7 Å². The van der Waals surface area contributed by atoms with E-state index in [0.717, 1.165) is 37.4 Å². The van der Waals surface area contributed by atoms with Crippen LogP contribution < -0.4 is 29.0 Å². The Bertz CT molecular complexity index is 1080. The third kappa shape index (κ3) is 7.10. The summed E-state index contributed by atoms with van der Waals surface area (Å²) < 4.78 is 28.3. The van der Waals surface area contributed by atoms with Gasteiger partial charge in [0.2, 0.25) is 5.75 Å². The molecular formula is C30H36N2O6. The molecule has 0 spiro atoms. The highest BCUT2D eigenvalue weighted by molar-refractivity contribution is 5.95. The van der Waals surface area contributed by atoms with Gasteiger partial charge in [-0.3, -0.25) is 9.69 Å². The van der Waals surface area contributed by atoms with Crippen molar-refractivity contribution in [2.75, 3.05) is 47.6 Å². The van der Waals surface area contributed by atoms with Crippen LogP contribution in [0.2, 0.25) is 0 Å². The zero-order chi connectivity index (χ0) is 26.7. The van der Waals surface area contributed by atoms with E-state index < -0.39 is 0 Å². The van der Waals surface area contributed by atoms with Crippen LogP contribution in [0.5, 0.6) is 28.7 Å². The van der Waals surface area contributed by atoms with E-state index >= 15 is 0 Å². The third-order valence-electron chi connectivity index (χ3n) is 6.68. The number of methoxy groups -OCH3 is 3. The average molecular weight is 521 g/mol. The van der Waals surface area contributed by atoms with E-state index in [9.17, 15) is 4.79 Å². The fourth-order valence-electron chi connectivity index (χ4n) is 4.57. The van der Waals surface area contributed by atoms with Crippen LogP contribution in [0.1, 0.15) is 23.2 Å². The van der Waals surface area contributed by atoms with Crippen molar-refractivity contribution in [1.82, 2.24) is 10.2 Å². The van der Waals surface area contributed by atoms with Gasteiger partial charge in [0.1, 0.15) is 24.7 Å². The van der Waals surface area contributed by atoms with Gasteiger partial charge in [0.05, 0.1) is 27.4 Å². The zero-order valence-electron chi connectivity index (χ0n) is 22.2. The second-order valence-electron chi connectivity index (χ2n) is 9.10. The van der Waals surface area contributed by atoms with E-state index in [-0.39, 0.29) is 18.0 Å². The van der Waals surface area contributed by atoms with Crippen molar-refractivity contribution in [3.05, 3.63) is 78.4 Å². The molecule has 8 nitrogen and oxygen atoms in total. The summed E-state index contributed by atoms with van der Waals surface area (Å²) in [4.78, 5) is 15.4. The highest BCUT2D eigenvalue weighted by atomic mass is 16.5. The van der Waals surface area contributed by atoms with Crippen LogP contribution in [0.4, 0.5) is 0 Å². The molecule has 1 amide bonds. The fourth-order valence-corrected chi connectivity index (χ4v) is 4.57. The summed E-state index contributed by atoms with van der Waals surface area (Å²) in [6.07, 6.45) is 1.65. The molecule has 0 saturated carbocycles. The SMILES string of the molecule is COc1cc(C(=O)NC2CCN(C(COc3ccccc3)COc3ccccc3)CC2)cc(OC)c1OC. The van der Waals surface area contributed by atoms with Gasteiger partial charge in [0, 0.05) is 24.7 Å². The molecule has 1 N–H and O–H groups in total. The molecular weight excluding hydrogens is 484 g/mol. The highest BCUT2D eigenvalue weighted by Crippen LogP contribution is 2.38. The first-order valence-electron chi connectivity index (χ1n) is 12.8. The highest BCUT2D eigenvalue weighted by Gasteiger charge is 2.28. The molecule has 0 aliphatic carbocycles. The van der Waals surface area contributed by atoms with Gasteiger partial charge in [-0.1, -0.05) is 36.4 Å². The number of carbonyl (C=O) groups is 1. The Kier molecular flexibility index (Phi) is 9.70. The molecule has 1 aliphatic heterocycles. The number of amides is 1. The maximum atomic E-state index is 13.1. The van der Waals surface area contributed by atoms with Gasteiger partial charge in [0.15, 0.2) is 11.5 Å². The largest absolute Gasteiger partial charge is 0.493 e. The van der Waals surface area contributed by atoms with Crippen molar-refractivity contribution in [2.45, 2.75) is 24.9 Å². The number of para-hydroxylation sites is 2. The van der Waals surface area contributed by atoms with Crippen LogP contribution >= 0.6 is 0 Å². The molecule has 0 bridgehead atoms. The van der Waals surface area contributed by atoms with Crippen molar-refractivity contribution >= 4 is 5.91 Å². The molecule has 0 radical (unpaired) electrons. The number of carbonyl (C=O) groups excluding carboxylic acids is 1. The van der Waals surface area contributed by atoms with Gasteiger partial charge in [-0.25, -0.2) is 0 Å². The number of piperidine rings is 1. The van der Waals surface area contributed by atoms with Crippen molar-refractivity contribution < 1.29 is 28.5 Å². The maximum absolute atomic E-state index is 13.1. The predicted molar refractivity (Wildman–Crippen MR) is 146 cm³/mol. The Morgan fingerprint density at radius 1 is 0.816 bits per heavy atom. The number of hydrogen-bond acceptors (Lipinski definition) is 7. The summed E-state index contributed by atoms with van der Waals surface area (Å²) in [5.41, 5.74) is 0.465. The van der Waals surface area contributed by atoms with E-state index in [1.54, 1.807) is 12.1 Å². The molecule has 3 aromatic carbocycles. The molecule has 8 heteroatoms. The summed E-state index contributed by atoms with van der Waals surface area (Å²) >= 11 is 0. The molecule has 4 rings (SSSR count). The molecule has 1 aliphatic rings. The standard InChI is InChI=1S/C30H36N2O6/c1-34-27-18-22(19-28(35-2)29(27)36-3)30(33)31-23-14-16-32(17-15-23)24(20-37-25-10-6-4-7-11-25)21-38-26-12-8-5-9-13-26/h4-13,18-19,23-24H,14-17,20-21H2,1-3H3,(H,31,33). The number of hydrogen-bond donors (Lipinski definition) is 1. The van der Waals surface area contributed by atoms with E-state index in [1.165, 1.54) is 21.3 Å². The zero-order valence-corrected chi connectivity index (χ0v) is 22.2. The maximum Gasteiger partial charge on any atom is 0.251 e. The Balaban J connectivity index is 1.36. The summed E-state index contributed by atoms with van der Waals surface area (Å²) in [6.45, 7) is 2.67. The number of benzene rings is 3. The van der Waals surface area contributed by atoms with Gasteiger partial charge in [-0.05, 0) is 49.2 Å². The second kappa shape index (κ2) is 13.6. The molecule has 1 heterocycles. The number of nitrogens with one attached hydrogen (secondary N) is 1. The fraction of sp³-hybridized carbons (Fsp3) is 0.367. The van der Waals surface area contributed by atoms with E-state index in [0.29, 0.717) is 36.0 Å². The lowest BCUT2D eigenvalue weighted by atomic mass is 10.0. The third-order valence-corrected chi connectivity index (χ3v) is 6.68. The monoisotopic (exact) mass is 520 g/mol. The van der Waals surface area contributed by atoms with Crippen molar-refractivity contribution in [2.24, 2.45) is 0 Å². The molecule has 0 aromatic heterocycles. The van der Waals surface area contributed by atoms with Gasteiger partial charge in [-0.2, -0.15) is 0 Å². The van der Waals surface area contributed by atoms with E-state index in [2.05, 4.69) is 10.2 Å². The van der Waals surface area contributed by atoms with Gasteiger partial charge >= 0.3 is 0 Å². The minimum absolute atomic E-state index is 0.0589. The number of rotatable bonds is 12. The first kappa shape index (κ1) is 27.1. The minimum Gasteiger partial charge on any atom is -0.493 e. The average Bonchev–Trinajstić information content (AvgIpc) is 2.98. The van der Waals surface area contributed by atoms with Crippen LogP contribution in [-0.4, -0.2) is 70.5 Å². The predicted octanol–water partition coefficient (Wildman–Crippen LogP) is 4.43. The number of ether oxygens (including phenoxy) is 5. The van der Waals surface area contributed by atoms with Crippen molar-refractivity contribution in [3.8, 4) is 28.7 Å². The number of likely N-dealkylation sites (tertiary alicyclic amines) is 1. The Morgan fingerprint density at radius 2 is 1.32 bits per heavy atom. The van der Waals surface area contributed by atoms with Crippen LogP contribution in [-0.2, 0) is 0 Å². The molecule has 1 fully saturated rings. The lowest BCUT2D eigenvalue weighted by Gasteiger charge is -2.37. The van der Waals surface area contributed by atoms with Gasteiger partial charge in [-0.15, -0.1) is 0 Å². The van der Waals surface area contributed by atoms with Gasteiger partial charge < -0.3 is 29.0 Å². The molecule has 202 valence electrons. The second-order valence-corrected chi connectivity index (χ2v) is 9.10. The Labute approximate surface area is 224 Å². The molecule has 38 heavy (non-hydrogen) atoms. The molecule has 0 atom stereocenters. The van der Waals surface area contributed by atoms with Gasteiger partial charge in [0.25, 0.3) is 5.91 Å². The topological polar surface area (TPSA) is 78.5 Å². The van der Waals surface area contributed by atoms with Crippen LogP contribution in [0.3, 0.4) is 0 Å². The normalized spacial score (nSPS) is 14.1. The van der Waals surface area contributed by atoms with Crippen LogP contribution in [0.15, 0.2) is 72.8 Å². The first-order chi connectivity index (χ1) is 18.6. The summed E-state index contributed by atoms with van der Waals surface area (Å²) in [5.74, 6) is 2.87. The Hall–Kier alpha value is -3.91. The molecule has 3 aromatic rings. The van der Waals surface area contributed by atoms with Crippen molar-refractivity contribution in [1.29, 1.82) is 0 Å². The van der Waals surface area contributed by atoms with Crippen LogP contribution in [0, 0.1) is 0 Å². The smallest absolute Gasteiger partial charge is 0.251 e. The summed E-state index contributed by atoms with van der Waals surface area (Å²) in [7, 11) is 4.61. The lowest BCUT2D eigenvalue weighted by molar-refractivity contribution is 0.0651. The van der Waals surface area contributed by atoms with Crippen LogP contribution in [0.25, 0.3) is 0 Å². The number of nitrogens with zero attached hydrogens (tertiary/aromatic N) is 1. The Morgan fingerprint density at radius 3 is 1.76 bits per heavy atom. The first-order valence-corrected chi connectivity index (χ1v) is 12.8. The summed E-state index contributed by atoms with van der Waals surface area (Å²) in [6, 6.07) is 23.1. The quantitative estimate of drug-likeness (QED) is 0.378. The molecule has 1 saturated heterocycles.